The number of nitrogens with zero attached hydrogens (tertiary/aromatic N) is 2. The predicted octanol–water partition coefficient (Wildman–Crippen LogP) is 2.02. The molecule has 0 aliphatic heterocycles. The molecule has 0 saturated heterocycles. The van der Waals surface area contributed by atoms with Gasteiger partial charge in [-0.2, -0.15) is 5.10 Å². The summed E-state index contributed by atoms with van der Waals surface area (Å²) < 4.78 is 1.67. The van der Waals surface area contributed by atoms with Crippen molar-refractivity contribution >= 4 is 11.6 Å². The first-order valence-electron chi connectivity index (χ1n) is 5.47. The first-order valence-corrected chi connectivity index (χ1v) is 5.47. The van der Waals surface area contributed by atoms with Crippen molar-refractivity contribution in [2.45, 2.75) is 20.4 Å². The molecule has 1 aromatic carbocycles. The largest absolute Gasteiger partial charge is 0.383 e. The monoisotopic (exact) mass is 229 g/mol. The number of rotatable bonds is 3. The lowest BCUT2D eigenvalue weighted by Gasteiger charge is -2.04. The van der Waals surface area contributed by atoms with Crippen LogP contribution in [0.15, 0.2) is 30.3 Å². The van der Waals surface area contributed by atoms with Crippen LogP contribution in [0.4, 0.5) is 5.82 Å². The summed E-state index contributed by atoms with van der Waals surface area (Å²) in [5, 5.41) is 4.30. The second-order valence-electron chi connectivity index (χ2n) is 4.05. The van der Waals surface area contributed by atoms with Crippen molar-refractivity contribution in [3.05, 3.63) is 47.2 Å². The zero-order chi connectivity index (χ0) is 12.4. The van der Waals surface area contributed by atoms with Crippen molar-refractivity contribution in [1.29, 1.82) is 0 Å². The molecule has 1 heterocycles. The van der Waals surface area contributed by atoms with E-state index >= 15 is 0 Å². The Kier molecular flexibility index (Phi) is 2.95. The van der Waals surface area contributed by atoms with Gasteiger partial charge in [0.25, 0.3) is 0 Å². The van der Waals surface area contributed by atoms with Gasteiger partial charge >= 0.3 is 0 Å². The van der Waals surface area contributed by atoms with Gasteiger partial charge in [-0.05, 0) is 19.4 Å². The Hall–Kier alpha value is -2.10. The Morgan fingerprint density at radius 3 is 2.53 bits per heavy atom. The second kappa shape index (κ2) is 4.41. The number of carbonyl (C=O) groups excluding carboxylic acids is 1. The van der Waals surface area contributed by atoms with Crippen LogP contribution in [-0.2, 0) is 6.54 Å². The van der Waals surface area contributed by atoms with E-state index in [4.69, 9.17) is 5.73 Å². The summed E-state index contributed by atoms with van der Waals surface area (Å²) in [5.41, 5.74) is 8.26. The maximum Gasteiger partial charge on any atom is 0.165 e. The molecule has 0 atom stereocenters. The van der Waals surface area contributed by atoms with Gasteiger partial charge in [0.2, 0.25) is 0 Å². The molecular weight excluding hydrogens is 214 g/mol. The average molecular weight is 229 g/mol. The molecule has 0 amide bonds. The fraction of sp³-hybridized carbons (Fsp3) is 0.231. The van der Waals surface area contributed by atoms with Crippen molar-refractivity contribution < 1.29 is 4.79 Å². The molecule has 0 radical (unpaired) electrons. The maximum absolute atomic E-state index is 11.4. The summed E-state index contributed by atoms with van der Waals surface area (Å²) in [7, 11) is 0. The van der Waals surface area contributed by atoms with Gasteiger partial charge in [-0.15, -0.1) is 0 Å². The highest BCUT2D eigenvalue weighted by Gasteiger charge is 2.15. The molecule has 4 nitrogen and oxygen atoms in total. The third-order valence-electron chi connectivity index (χ3n) is 2.69. The van der Waals surface area contributed by atoms with Gasteiger partial charge in [0, 0.05) is 0 Å². The first kappa shape index (κ1) is 11.4. The number of anilines is 1. The van der Waals surface area contributed by atoms with E-state index in [1.165, 1.54) is 6.92 Å². The van der Waals surface area contributed by atoms with Crippen molar-refractivity contribution in [2.75, 3.05) is 5.73 Å². The number of aromatic nitrogens is 2. The van der Waals surface area contributed by atoms with Gasteiger partial charge in [0.05, 0.1) is 17.8 Å². The van der Waals surface area contributed by atoms with Gasteiger partial charge in [0.15, 0.2) is 5.78 Å². The van der Waals surface area contributed by atoms with Gasteiger partial charge in [0.1, 0.15) is 5.82 Å². The number of hydrogen-bond donors (Lipinski definition) is 1. The summed E-state index contributed by atoms with van der Waals surface area (Å²) in [5.74, 6) is 0.401. The molecule has 1 aromatic heterocycles. The van der Waals surface area contributed by atoms with Crippen molar-refractivity contribution in [1.82, 2.24) is 9.78 Å². The molecule has 0 bridgehead atoms. The number of hydrogen-bond acceptors (Lipinski definition) is 3. The summed E-state index contributed by atoms with van der Waals surface area (Å²) >= 11 is 0. The van der Waals surface area contributed by atoms with Crippen LogP contribution in [0.25, 0.3) is 0 Å². The zero-order valence-corrected chi connectivity index (χ0v) is 9.97. The number of nitrogen functional groups attached to an aromatic ring is 1. The molecule has 0 spiro atoms. The van der Waals surface area contributed by atoms with Gasteiger partial charge in [-0.1, -0.05) is 30.3 Å². The predicted molar refractivity (Wildman–Crippen MR) is 66.9 cm³/mol. The quantitative estimate of drug-likeness (QED) is 0.819. The average Bonchev–Trinajstić information content (AvgIpc) is 2.55. The van der Waals surface area contributed by atoms with Crippen molar-refractivity contribution in [3.63, 3.8) is 0 Å². The minimum Gasteiger partial charge on any atom is -0.383 e. The Bertz CT molecular complexity index is 543. The highest BCUT2D eigenvalue weighted by Crippen LogP contribution is 2.18. The fourth-order valence-corrected chi connectivity index (χ4v) is 1.91. The third kappa shape index (κ3) is 2.20. The normalized spacial score (nSPS) is 10.5. The summed E-state index contributed by atoms with van der Waals surface area (Å²) in [6.45, 7) is 3.89. The highest BCUT2D eigenvalue weighted by atomic mass is 16.1. The lowest BCUT2D eigenvalue weighted by molar-refractivity contribution is 0.101. The van der Waals surface area contributed by atoms with E-state index in [9.17, 15) is 4.79 Å². The molecule has 2 rings (SSSR count). The third-order valence-corrected chi connectivity index (χ3v) is 2.69. The SMILES string of the molecule is CC(=O)c1c(C)nn(Cc2ccccc2)c1N. The molecule has 2 aromatic rings. The number of Topliss-reactive ketones (excluding diaryl/α,β-unsaturated/α-hetero) is 1. The molecular formula is C13H15N3O. The van der Waals surface area contributed by atoms with E-state index in [1.807, 2.05) is 30.3 Å². The Morgan fingerprint density at radius 1 is 1.35 bits per heavy atom. The minimum atomic E-state index is -0.0423. The number of carbonyl (C=O) groups is 1. The first-order chi connectivity index (χ1) is 8.09. The van der Waals surface area contributed by atoms with Crippen LogP contribution in [0.5, 0.6) is 0 Å². The van der Waals surface area contributed by atoms with Gasteiger partial charge < -0.3 is 5.73 Å². The number of nitrogens with two attached hydrogens (primary N) is 1. The van der Waals surface area contributed by atoms with E-state index in [-0.39, 0.29) is 5.78 Å². The minimum absolute atomic E-state index is 0.0423. The van der Waals surface area contributed by atoms with E-state index in [1.54, 1.807) is 11.6 Å². The van der Waals surface area contributed by atoms with Gasteiger partial charge in [-0.25, -0.2) is 4.68 Å². The van der Waals surface area contributed by atoms with Crippen LogP contribution < -0.4 is 5.73 Å². The Morgan fingerprint density at radius 2 is 2.00 bits per heavy atom. The molecule has 17 heavy (non-hydrogen) atoms. The van der Waals surface area contributed by atoms with Crippen LogP contribution in [0.2, 0.25) is 0 Å². The summed E-state index contributed by atoms with van der Waals surface area (Å²) in [4.78, 5) is 11.4. The van der Waals surface area contributed by atoms with Crippen LogP contribution >= 0.6 is 0 Å². The molecule has 0 unspecified atom stereocenters. The van der Waals surface area contributed by atoms with Crippen LogP contribution in [0, 0.1) is 6.92 Å². The maximum atomic E-state index is 11.4. The molecule has 88 valence electrons. The lowest BCUT2D eigenvalue weighted by Crippen LogP contribution is -2.07. The molecule has 4 heteroatoms. The van der Waals surface area contributed by atoms with Crippen LogP contribution in [-0.4, -0.2) is 15.6 Å². The highest BCUT2D eigenvalue weighted by molar-refractivity contribution is 5.99. The standard InChI is InChI=1S/C13H15N3O/c1-9-12(10(2)17)13(14)16(15-9)8-11-6-4-3-5-7-11/h3-7H,8,14H2,1-2H3. The van der Waals surface area contributed by atoms with Crippen molar-refractivity contribution in [2.24, 2.45) is 0 Å². The fourth-order valence-electron chi connectivity index (χ4n) is 1.91. The molecule has 2 N–H and O–H groups in total. The van der Waals surface area contributed by atoms with E-state index in [0.717, 1.165) is 5.56 Å². The summed E-state index contributed by atoms with van der Waals surface area (Å²) in [6.07, 6.45) is 0. The number of aryl methyl sites for hydroxylation is 1. The van der Waals surface area contributed by atoms with Crippen LogP contribution in [0.3, 0.4) is 0 Å². The van der Waals surface area contributed by atoms with E-state index in [0.29, 0.717) is 23.6 Å². The number of ketones is 1. The summed E-state index contributed by atoms with van der Waals surface area (Å²) in [6, 6.07) is 9.90. The van der Waals surface area contributed by atoms with Crippen LogP contribution in [0.1, 0.15) is 28.5 Å². The number of benzene rings is 1. The van der Waals surface area contributed by atoms with Crippen molar-refractivity contribution in [3.8, 4) is 0 Å². The lowest BCUT2D eigenvalue weighted by atomic mass is 10.2. The molecule has 0 saturated carbocycles. The molecule has 0 fully saturated rings. The van der Waals surface area contributed by atoms with Gasteiger partial charge in [-0.3, -0.25) is 4.79 Å². The Labute approximate surface area is 100 Å². The van der Waals surface area contributed by atoms with E-state index < -0.39 is 0 Å². The zero-order valence-electron chi connectivity index (χ0n) is 9.97. The topological polar surface area (TPSA) is 60.9 Å². The Balaban J connectivity index is 2.35. The second-order valence-corrected chi connectivity index (χ2v) is 4.05. The smallest absolute Gasteiger partial charge is 0.165 e. The molecule has 0 aliphatic rings. The van der Waals surface area contributed by atoms with E-state index in [2.05, 4.69) is 5.10 Å². The molecule has 0 aliphatic carbocycles.